The highest BCUT2D eigenvalue weighted by atomic mass is 32.1. The standard InChI is InChI=1S/C38H42N6O6S/c1-23-22-27(49-26-10-7-6-8-11-26)17-18-28(23)44-29-19-20-39-35-31(29)32(42-36(44)47)33(51-35)34(46)41-25-15-13-24(14-16-25)40-30(45)12-9-21-43(5)37(48)50-38(2,3)4/h6-12,17-20,22,24-25H,13-16,21H2,1-5H3,(H,40,45)(H,41,46)(H,42,47)/b12-9+/t24-,25-. The Labute approximate surface area is 300 Å². The van der Waals surface area contributed by atoms with Crippen LogP contribution in [0, 0.1) is 6.92 Å². The third-order valence-corrected chi connectivity index (χ3v) is 9.70. The molecule has 266 valence electrons. The maximum Gasteiger partial charge on any atom is 0.410 e. The van der Waals surface area contributed by atoms with E-state index >= 15 is 0 Å². The van der Waals surface area contributed by atoms with Crippen LogP contribution in [-0.4, -0.2) is 65.1 Å². The van der Waals surface area contributed by atoms with Crippen molar-refractivity contribution >= 4 is 62.6 Å². The monoisotopic (exact) mass is 710 g/mol. The number of carbonyl (C=O) groups excluding carboxylic acids is 4. The van der Waals surface area contributed by atoms with E-state index in [2.05, 4.69) is 20.9 Å². The Morgan fingerprint density at radius 3 is 2.39 bits per heavy atom. The van der Waals surface area contributed by atoms with Crippen molar-refractivity contribution in [3.8, 4) is 11.5 Å². The molecule has 0 saturated heterocycles. The smallest absolute Gasteiger partial charge is 0.410 e. The Balaban J connectivity index is 1.06. The average Bonchev–Trinajstić information content (AvgIpc) is 3.45. The van der Waals surface area contributed by atoms with Crippen LogP contribution in [-0.2, 0) is 9.53 Å². The molecule has 1 aliphatic heterocycles. The van der Waals surface area contributed by atoms with Gasteiger partial charge in [0.25, 0.3) is 5.91 Å². The van der Waals surface area contributed by atoms with Gasteiger partial charge in [-0.3, -0.25) is 14.5 Å². The minimum atomic E-state index is -0.592. The second kappa shape index (κ2) is 14.8. The maximum absolute atomic E-state index is 13.7. The molecule has 1 fully saturated rings. The van der Waals surface area contributed by atoms with E-state index in [0.717, 1.165) is 11.3 Å². The summed E-state index contributed by atoms with van der Waals surface area (Å²) in [7, 11) is 1.61. The highest BCUT2D eigenvalue weighted by Crippen LogP contribution is 2.46. The van der Waals surface area contributed by atoms with Crippen molar-refractivity contribution in [2.45, 2.75) is 71.1 Å². The van der Waals surface area contributed by atoms with Crippen LogP contribution in [0.25, 0.3) is 10.2 Å². The van der Waals surface area contributed by atoms with Crippen LogP contribution in [0.4, 0.5) is 26.7 Å². The van der Waals surface area contributed by atoms with Gasteiger partial charge in [0.1, 0.15) is 26.8 Å². The van der Waals surface area contributed by atoms with E-state index < -0.39 is 11.7 Å². The van der Waals surface area contributed by atoms with Crippen LogP contribution in [0.2, 0.25) is 0 Å². The van der Waals surface area contributed by atoms with Crippen molar-refractivity contribution in [2.75, 3.05) is 23.8 Å². The Morgan fingerprint density at radius 1 is 1.00 bits per heavy atom. The Bertz CT molecular complexity index is 1980. The first-order valence-electron chi connectivity index (χ1n) is 16.9. The zero-order chi connectivity index (χ0) is 36.3. The summed E-state index contributed by atoms with van der Waals surface area (Å²) in [6.07, 6.45) is 7.03. The number of amides is 5. The largest absolute Gasteiger partial charge is 0.457 e. The SMILES string of the molecule is Cc1cc(Oc2ccccc2)ccc1N1C(=O)Nc2c(C(=O)N[C@H]3CC[C@H](NC(=O)/C=C/CN(C)C(=O)OC(C)(C)C)CC3)sc3nccc1c23. The zero-order valence-electron chi connectivity index (χ0n) is 29.3. The number of carbonyl (C=O) groups is 4. The number of nitrogens with one attached hydrogen (secondary N) is 3. The lowest BCUT2D eigenvalue weighted by Crippen LogP contribution is -2.43. The number of benzene rings is 2. The molecular formula is C38H42N6O6S. The molecule has 6 rings (SSSR count). The third-order valence-electron chi connectivity index (χ3n) is 8.60. The predicted octanol–water partition coefficient (Wildman–Crippen LogP) is 7.66. The van der Waals surface area contributed by atoms with Crippen molar-refractivity contribution in [1.82, 2.24) is 20.5 Å². The number of para-hydroxylation sites is 1. The number of hydrogen-bond donors (Lipinski definition) is 3. The molecule has 1 saturated carbocycles. The minimum absolute atomic E-state index is 0.0242. The summed E-state index contributed by atoms with van der Waals surface area (Å²) in [4.78, 5) is 60.5. The molecule has 0 unspecified atom stereocenters. The molecule has 2 aliphatic rings. The van der Waals surface area contributed by atoms with Gasteiger partial charge in [0.15, 0.2) is 0 Å². The van der Waals surface area contributed by atoms with Crippen molar-refractivity contribution in [3.63, 3.8) is 0 Å². The van der Waals surface area contributed by atoms with Gasteiger partial charge >= 0.3 is 12.1 Å². The molecule has 3 N–H and O–H groups in total. The number of rotatable bonds is 9. The lowest BCUT2D eigenvalue weighted by Gasteiger charge is -2.30. The van der Waals surface area contributed by atoms with Gasteiger partial charge in [-0.05, 0) is 95.3 Å². The molecule has 0 atom stereocenters. The number of thiophene rings is 1. The van der Waals surface area contributed by atoms with Gasteiger partial charge in [0.05, 0.1) is 22.4 Å². The maximum atomic E-state index is 13.7. The number of pyridine rings is 1. The summed E-state index contributed by atoms with van der Waals surface area (Å²) in [5.41, 5.74) is 2.05. The summed E-state index contributed by atoms with van der Waals surface area (Å²) in [5.74, 6) is 0.874. The first-order valence-corrected chi connectivity index (χ1v) is 17.8. The molecule has 0 spiro atoms. The number of likely N-dealkylation sites (N-methyl/N-ethyl adjacent to an activating group) is 1. The Hall–Kier alpha value is -5.43. The third kappa shape index (κ3) is 8.31. The fourth-order valence-electron chi connectivity index (χ4n) is 6.17. The van der Waals surface area contributed by atoms with Crippen LogP contribution in [0.1, 0.15) is 61.7 Å². The topological polar surface area (TPSA) is 142 Å². The number of urea groups is 1. The molecule has 12 nitrogen and oxygen atoms in total. The molecule has 0 radical (unpaired) electrons. The summed E-state index contributed by atoms with van der Waals surface area (Å²) in [6, 6.07) is 16.4. The molecule has 3 heterocycles. The first-order chi connectivity index (χ1) is 24.4. The minimum Gasteiger partial charge on any atom is -0.457 e. The van der Waals surface area contributed by atoms with E-state index in [1.54, 1.807) is 51.1 Å². The lowest BCUT2D eigenvalue weighted by atomic mass is 9.91. The summed E-state index contributed by atoms with van der Waals surface area (Å²) < 4.78 is 11.3. The van der Waals surface area contributed by atoms with Crippen molar-refractivity contribution in [2.24, 2.45) is 0 Å². The molecule has 2 aromatic carbocycles. The van der Waals surface area contributed by atoms with Crippen LogP contribution >= 0.6 is 11.3 Å². The fraction of sp³-hybridized carbons (Fsp3) is 0.342. The fourth-order valence-corrected chi connectivity index (χ4v) is 7.19. The number of aromatic nitrogens is 1. The second-order valence-electron chi connectivity index (χ2n) is 13.7. The number of anilines is 3. The molecule has 1 aliphatic carbocycles. The lowest BCUT2D eigenvalue weighted by molar-refractivity contribution is -0.117. The number of ether oxygens (including phenoxy) is 2. The van der Waals surface area contributed by atoms with Gasteiger partial charge in [0, 0.05) is 37.9 Å². The summed E-state index contributed by atoms with van der Waals surface area (Å²) in [6.45, 7) is 7.56. The average molecular weight is 711 g/mol. The van der Waals surface area contributed by atoms with E-state index in [1.165, 1.54) is 22.3 Å². The van der Waals surface area contributed by atoms with E-state index in [4.69, 9.17) is 9.47 Å². The van der Waals surface area contributed by atoms with Crippen LogP contribution in [0.3, 0.4) is 0 Å². The molecule has 2 aromatic heterocycles. The predicted molar refractivity (Wildman–Crippen MR) is 198 cm³/mol. The Morgan fingerprint density at radius 2 is 1.71 bits per heavy atom. The number of nitrogens with zero attached hydrogens (tertiary/aromatic N) is 3. The van der Waals surface area contributed by atoms with E-state index in [0.29, 0.717) is 63.6 Å². The van der Waals surface area contributed by atoms with E-state index in [9.17, 15) is 19.2 Å². The highest BCUT2D eigenvalue weighted by molar-refractivity contribution is 7.21. The quantitative estimate of drug-likeness (QED) is 0.151. The molecule has 13 heteroatoms. The molecule has 4 aromatic rings. The van der Waals surface area contributed by atoms with Gasteiger partial charge < -0.3 is 30.3 Å². The highest BCUT2D eigenvalue weighted by Gasteiger charge is 2.34. The van der Waals surface area contributed by atoms with Crippen molar-refractivity contribution in [3.05, 3.63) is 83.4 Å². The molecule has 5 amide bonds. The second-order valence-corrected chi connectivity index (χ2v) is 14.7. The van der Waals surface area contributed by atoms with Gasteiger partial charge in [-0.25, -0.2) is 14.6 Å². The van der Waals surface area contributed by atoms with E-state index in [1.807, 2.05) is 55.5 Å². The summed E-state index contributed by atoms with van der Waals surface area (Å²) in [5, 5.41) is 9.85. The van der Waals surface area contributed by atoms with Crippen LogP contribution in [0.15, 0.2) is 72.9 Å². The Kier molecular flexibility index (Phi) is 10.3. The molecule has 51 heavy (non-hydrogen) atoms. The molecule has 0 bridgehead atoms. The first kappa shape index (κ1) is 35.4. The summed E-state index contributed by atoms with van der Waals surface area (Å²) >= 11 is 1.25. The van der Waals surface area contributed by atoms with Crippen molar-refractivity contribution < 1.29 is 28.7 Å². The molecular weight excluding hydrogens is 669 g/mol. The normalized spacial score (nSPS) is 17.2. The zero-order valence-corrected chi connectivity index (χ0v) is 30.1. The van der Waals surface area contributed by atoms with Crippen molar-refractivity contribution in [1.29, 1.82) is 0 Å². The van der Waals surface area contributed by atoms with Gasteiger partial charge in [-0.2, -0.15) is 0 Å². The van der Waals surface area contributed by atoms with E-state index in [-0.39, 0.29) is 36.5 Å². The van der Waals surface area contributed by atoms with Gasteiger partial charge in [0.2, 0.25) is 5.91 Å². The number of aryl methyl sites for hydroxylation is 1. The van der Waals surface area contributed by atoms with Crippen LogP contribution in [0.5, 0.6) is 11.5 Å². The number of hydrogen-bond acceptors (Lipinski definition) is 8. The van der Waals surface area contributed by atoms with Crippen LogP contribution < -0.4 is 25.6 Å². The van der Waals surface area contributed by atoms with Gasteiger partial charge in [-0.1, -0.05) is 24.3 Å². The van der Waals surface area contributed by atoms with Gasteiger partial charge in [-0.15, -0.1) is 11.3 Å².